The summed E-state index contributed by atoms with van der Waals surface area (Å²) in [5, 5.41) is 8.66. The number of hydrogen-bond acceptors (Lipinski definition) is 5. The molecule has 0 aromatic heterocycles. The fourth-order valence-corrected chi connectivity index (χ4v) is 2.52. The lowest BCUT2D eigenvalue weighted by Gasteiger charge is -2.34. The van der Waals surface area contributed by atoms with Crippen LogP contribution in [0.15, 0.2) is 24.3 Å². The van der Waals surface area contributed by atoms with Crippen molar-refractivity contribution < 1.29 is 14.6 Å². The van der Waals surface area contributed by atoms with Gasteiger partial charge in [-0.1, -0.05) is 12.1 Å². The van der Waals surface area contributed by atoms with Crippen LogP contribution in [0.25, 0.3) is 0 Å². The van der Waals surface area contributed by atoms with E-state index in [9.17, 15) is 0 Å². The molecule has 5 nitrogen and oxygen atoms in total. The second-order valence-corrected chi connectivity index (χ2v) is 5.30. The molecule has 1 aromatic carbocycles. The Morgan fingerprint density at radius 1 is 1.00 bits per heavy atom. The van der Waals surface area contributed by atoms with E-state index in [1.165, 1.54) is 5.56 Å². The van der Waals surface area contributed by atoms with Crippen LogP contribution in [0.3, 0.4) is 0 Å². The molecule has 0 aliphatic carbocycles. The van der Waals surface area contributed by atoms with Gasteiger partial charge in [-0.15, -0.1) is 0 Å². The number of rotatable bonds is 8. The minimum Gasteiger partial charge on any atom is -0.497 e. The topological polar surface area (TPSA) is 45.2 Å². The number of benzene rings is 1. The highest BCUT2D eigenvalue weighted by Crippen LogP contribution is 2.14. The van der Waals surface area contributed by atoms with Gasteiger partial charge in [-0.3, -0.25) is 9.80 Å². The van der Waals surface area contributed by atoms with E-state index in [0.717, 1.165) is 45.0 Å². The molecule has 0 spiro atoms. The fourth-order valence-electron chi connectivity index (χ4n) is 2.52. The summed E-state index contributed by atoms with van der Waals surface area (Å²) in [7, 11) is 1.69. The molecule has 0 saturated carbocycles. The van der Waals surface area contributed by atoms with Gasteiger partial charge in [0, 0.05) is 39.3 Å². The van der Waals surface area contributed by atoms with Crippen molar-refractivity contribution in [1.29, 1.82) is 0 Å². The summed E-state index contributed by atoms with van der Waals surface area (Å²) in [5.74, 6) is 0.909. The molecule has 1 saturated heterocycles. The number of aliphatic hydroxyl groups excluding tert-OH is 1. The van der Waals surface area contributed by atoms with E-state index in [0.29, 0.717) is 13.2 Å². The largest absolute Gasteiger partial charge is 0.497 e. The zero-order chi connectivity index (χ0) is 14.9. The van der Waals surface area contributed by atoms with Crippen molar-refractivity contribution in [3.8, 4) is 5.75 Å². The van der Waals surface area contributed by atoms with Crippen LogP contribution < -0.4 is 4.74 Å². The predicted octanol–water partition coefficient (Wildman–Crippen LogP) is 0.822. The Hall–Kier alpha value is -1.14. The molecule has 1 aliphatic rings. The highest BCUT2D eigenvalue weighted by atomic mass is 16.5. The van der Waals surface area contributed by atoms with Crippen molar-refractivity contribution in [3.63, 3.8) is 0 Å². The SMILES string of the molecule is COc1ccc(CN2CCN(CCOCCO)CC2)cc1. The van der Waals surface area contributed by atoms with Crippen molar-refractivity contribution in [3.05, 3.63) is 29.8 Å². The van der Waals surface area contributed by atoms with Crippen molar-refractivity contribution in [2.45, 2.75) is 6.54 Å². The molecule has 1 heterocycles. The maximum absolute atomic E-state index is 8.66. The van der Waals surface area contributed by atoms with Gasteiger partial charge in [0.15, 0.2) is 0 Å². The number of ether oxygens (including phenoxy) is 2. The Bertz CT molecular complexity index is 389. The van der Waals surface area contributed by atoms with E-state index >= 15 is 0 Å². The van der Waals surface area contributed by atoms with Gasteiger partial charge in [-0.25, -0.2) is 0 Å². The van der Waals surface area contributed by atoms with Crippen LogP contribution >= 0.6 is 0 Å². The van der Waals surface area contributed by atoms with E-state index in [1.807, 2.05) is 12.1 Å². The molecule has 1 aromatic rings. The Kier molecular flexibility index (Phi) is 6.95. The fraction of sp³-hybridized carbons (Fsp3) is 0.625. The highest BCUT2D eigenvalue weighted by molar-refractivity contribution is 5.27. The van der Waals surface area contributed by atoms with E-state index in [2.05, 4.69) is 21.9 Å². The first-order chi connectivity index (χ1) is 10.3. The second-order valence-electron chi connectivity index (χ2n) is 5.30. The summed E-state index contributed by atoms with van der Waals surface area (Å²) in [4.78, 5) is 4.90. The van der Waals surface area contributed by atoms with Crippen LogP contribution in [-0.2, 0) is 11.3 Å². The normalized spacial score (nSPS) is 17.0. The third-order valence-corrected chi connectivity index (χ3v) is 3.82. The number of aliphatic hydroxyl groups is 1. The molecule has 21 heavy (non-hydrogen) atoms. The second kappa shape index (κ2) is 9.00. The summed E-state index contributed by atoms with van der Waals surface area (Å²) in [6, 6.07) is 8.30. The minimum atomic E-state index is 0.107. The van der Waals surface area contributed by atoms with Crippen LogP contribution in [0.4, 0.5) is 0 Å². The maximum Gasteiger partial charge on any atom is 0.118 e. The number of nitrogens with zero attached hydrogens (tertiary/aromatic N) is 2. The Morgan fingerprint density at radius 2 is 1.67 bits per heavy atom. The number of piperazine rings is 1. The smallest absolute Gasteiger partial charge is 0.118 e. The number of hydrogen-bond donors (Lipinski definition) is 1. The molecule has 1 N–H and O–H groups in total. The third-order valence-electron chi connectivity index (χ3n) is 3.82. The lowest BCUT2D eigenvalue weighted by Crippen LogP contribution is -2.46. The van der Waals surface area contributed by atoms with Gasteiger partial charge in [-0.2, -0.15) is 0 Å². The first-order valence-electron chi connectivity index (χ1n) is 7.58. The van der Waals surface area contributed by atoms with Gasteiger partial charge in [0.1, 0.15) is 5.75 Å². The van der Waals surface area contributed by atoms with Crippen molar-refractivity contribution >= 4 is 0 Å². The summed E-state index contributed by atoms with van der Waals surface area (Å²) in [5.41, 5.74) is 1.33. The molecule has 0 amide bonds. The van der Waals surface area contributed by atoms with Gasteiger partial charge >= 0.3 is 0 Å². The zero-order valence-electron chi connectivity index (χ0n) is 12.8. The average Bonchev–Trinajstić information content (AvgIpc) is 2.54. The average molecular weight is 294 g/mol. The van der Waals surface area contributed by atoms with Crippen LogP contribution in [0.2, 0.25) is 0 Å². The van der Waals surface area contributed by atoms with E-state index in [4.69, 9.17) is 14.6 Å². The van der Waals surface area contributed by atoms with Crippen molar-refractivity contribution in [2.75, 3.05) is 59.7 Å². The Balaban J connectivity index is 1.66. The summed E-state index contributed by atoms with van der Waals surface area (Å²) in [6.07, 6.45) is 0. The first kappa shape index (κ1) is 16.2. The van der Waals surface area contributed by atoms with E-state index < -0.39 is 0 Å². The molecule has 1 fully saturated rings. The van der Waals surface area contributed by atoms with E-state index in [-0.39, 0.29) is 6.61 Å². The van der Waals surface area contributed by atoms with Gasteiger partial charge in [0.2, 0.25) is 0 Å². The van der Waals surface area contributed by atoms with Gasteiger partial charge in [0.25, 0.3) is 0 Å². The molecular weight excluding hydrogens is 268 g/mol. The monoisotopic (exact) mass is 294 g/mol. The van der Waals surface area contributed by atoms with Crippen molar-refractivity contribution in [2.24, 2.45) is 0 Å². The van der Waals surface area contributed by atoms with E-state index in [1.54, 1.807) is 7.11 Å². The predicted molar refractivity (Wildman–Crippen MR) is 82.6 cm³/mol. The quantitative estimate of drug-likeness (QED) is 0.719. The first-order valence-corrected chi connectivity index (χ1v) is 7.58. The number of methoxy groups -OCH3 is 1. The molecule has 1 aliphatic heterocycles. The Morgan fingerprint density at radius 3 is 2.29 bits per heavy atom. The molecule has 0 radical (unpaired) electrons. The lowest BCUT2D eigenvalue weighted by atomic mass is 10.2. The van der Waals surface area contributed by atoms with Gasteiger partial charge in [-0.05, 0) is 17.7 Å². The maximum atomic E-state index is 8.66. The highest BCUT2D eigenvalue weighted by Gasteiger charge is 2.16. The molecule has 0 atom stereocenters. The standard InChI is InChI=1S/C16H26N2O3/c1-20-16-4-2-15(3-5-16)14-18-8-6-17(7-9-18)10-12-21-13-11-19/h2-5,19H,6-14H2,1H3. The van der Waals surface area contributed by atoms with Crippen LogP contribution in [-0.4, -0.2) is 74.6 Å². The molecule has 0 unspecified atom stereocenters. The summed E-state index contributed by atoms with van der Waals surface area (Å²) < 4.78 is 10.5. The molecule has 0 bridgehead atoms. The molecular formula is C16H26N2O3. The van der Waals surface area contributed by atoms with Crippen LogP contribution in [0, 0.1) is 0 Å². The zero-order valence-corrected chi connectivity index (χ0v) is 12.8. The van der Waals surface area contributed by atoms with Gasteiger partial charge in [0.05, 0.1) is 26.9 Å². The minimum absolute atomic E-state index is 0.107. The Labute approximate surface area is 127 Å². The van der Waals surface area contributed by atoms with Crippen LogP contribution in [0.1, 0.15) is 5.56 Å². The molecule has 118 valence electrons. The summed E-state index contributed by atoms with van der Waals surface area (Å²) >= 11 is 0. The lowest BCUT2D eigenvalue weighted by molar-refractivity contribution is 0.0564. The van der Waals surface area contributed by atoms with Crippen LogP contribution in [0.5, 0.6) is 5.75 Å². The summed E-state index contributed by atoms with van der Waals surface area (Å²) in [6.45, 7) is 7.55. The van der Waals surface area contributed by atoms with Crippen molar-refractivity contribution in [1.82, 2.24) is 9.80 Å². The molecule has 2 rings (SSSR count). The third kappa shape index (κ3) is 5.63. The molecule has 5 heteroatoms. The van der Waals surface area contributed by atoms with Gasteiger partial charge < -0.3 is 14.6 Å².